The molecule has 0 aromatic heterocycles. The van der Waals surface area contributed by atoms with Crippen molar-refractivity contribution in [2.24, 2.45) is 5.41 Å². The molecule has 5 nitrogen and oxygen atoms in total. The molecule has 20 heavy (non-hydrogen) atoms. The first-order valence-electron chi connectivity index (χ1n) is 6.10. The van der Waals surface area contributed by atoms with Crippen LogP contribution in [0.3, 0.4) is 0 Å². The topological polar surface area (TPSA) is 75.6 Å². The highest BCUT2D eigenvalue weighted by molar-refractivity contribution is 9.10. The molecule has 7 heteroatoms. The summed E-state index contributed by atoms with van der Waals surface area (Å²) in [5.74, 6) is -1.68. The number of hydrogen-bond donors (Lipinski definition) is 2. The minimum atomic E-state index is -1.29. The quantitative estimate of drug-likeness (QED) is 0.823. The van der Waals surface area contributed by atoms with Gasteiger partial charge in [0.05, 0.1) is 10.5 Å². The highest BCUT2D eigenvalue weighted by atomic mass is 79.9. The monoisotopic (exact) mass is 343 g/mol. The fourth-order valence-corrected chi connectivity index (χ4v) is 2.64. The molecule has 1 atom stereocenters. The summed E-state index contributed by atoms with van der Waals surface area (Å²) in [6.45, 7) is 0.173. The number of halogens is 2. The zero-order chi connectivity index (χ0) is 14.5. The average molecular weight is 344 g/mol. The van der Waals surface area contributed by atoms with Gasteiger partial charge in [-0.3, -0.25) is 9.59 Å². The van der Waals surface area contributed by atoms with Crippen molar-refractivity contribution in [1.82, 2.24) is 5.32 Å². The zero-order valence-electron chi connectivity index (χ0n) is 10.3. The fraction of sp³-hybridized carbons (Fsp3) is 0.385. The minimum Gasteiger partial charge on any atom is -0.491 e. The third kappa shape index (κ3) is 1.96. The number of amides is 1. The van der Waals surface area contributed by atoms with Crippen LogP contribution in [0.4, 0.5) is 4.39 Å². The van der Waals surface area contributed by atoms with Gasteiger partial charge in [0.25, 0.3) is 0 Å². The Morgan fingerprint density at radius 1 is 1.45 bits per heavy atom. The lowest BCUT2D eigenvalue weighted by Gasteiger charge is -2.15. The number of aliphatic carboxylic acids is 1. The second kappa shape index (κ2) is 4.44. The van der Waals surface area contributed by atoms with Crippen LogP contribution in [-0.2, 0) is 9.59 Å². The van der Waals surface area contributed by atoms with Crippen LogP contribution in [0.1, 0.15) is 24.4 Å². The first kappa shape index (κ1) is 13.4. The van der Waals surface area contributed by atoms with Crippen LogP contribution in [0.15, 0.2) is 16.6 Å². The second-order valence-corrected chi connectivity index (χ2v) is 5.88. The Morgan fingerprint density at radius 3 is 2.75 bits per heavy atom. The summed E-state index contributed by atoms with van der Waals surface area (Å²) in [4.78, 5) is 23.1. The van der Waals surface area contributed by atoms with Crippen LogP contribution < -0.4 is 10.1 Å². The molecule has 1 heterocycles. The van der Waals surface area contributed by atoms with Crippen LogP contribution >= 0.6 is 15.9 Å². The molecule has 1 unspecified atom stereocenters. The highest BCUT2D eigenvalue weighted by Gasteiger charge is 2.57. The predicted molar refractivity (Wildman–Crippen MR) is 69.8 cm³/mol. The Hall–Kier alpha value is -1.63. The molecule has 1 saturated carbocycles. The number of nitrogens with one attached hydrogen (secondary N) is 1. The standard InChI is InChI=1S/C13H11BrFNO4/c14-7-3-6-9(5-20-10(6)4-8(7)15)16-11(17)13(1-2-13)12(18)19/h3-4,9H,1-2,5H2,(H,16,17)(H,18,19). The van der Waals surface area contributed by atoms with E-state index >= 15 is 0 Å². The molecule has 1 aliphatic heterocycles. The van der Waals surface area contributed by atoms with E-state index in [1.165, 1.54) is 6.07 Å². The summed E-state index contributed by atoms with van der Waals surface area (Å²) < 4.78 is 19.0. The van der Waals surface area contributed by atoms with E-state index in [1.54, 1.807) is 6.07 Å². The normalized spacial score (nSPS) is 21.8. The van der Waals surface area contributed by atoms with E-state index < -0.39 is 29.2 Å². The molecule has 2 N–H and O–H groups in total. The van der Waals surface area contributed by atoms with Gasteiger partial charge in [-0.2, -0.15) is 0 Å². The molecule has 2 aliphatic rings. The summed E-state index contributed by atoms with van der Waals surface area (Å²) in [5.41, 5.74) is -0.646. The maximum atomic E-state index is 13.4. The Bertz CT molecular complexity index is 615. The molecule has 1 aliphatic carbocycles. The molecule has 1 aromatic carbocycles. The summed E-state index contributed by atoms with van der Waals surface area (Å²) in [6.07, 6.45) is 0.698. The Kier molecular flexibility index (Phi) is 2.97. The van der Waals surface area contributed by atoms with Crippen LogP contribution in [0.2, 0.25) is 0 Å². The van der Waals surface area contributed by atoms with Gasteiger partial charge in [0.2, 0.25) is 5.91 Å². The van der Waals surface area contributed by atoms with Gasteiger partial charge in [-0.15, -0.1) is 0 Å². The van der Waals surface area contributed by atoms with E-state index in [9.17, 15) is 14.0 Å². The number of carbonyl (C=O) groups excluding carboxylic acids is 1. The van der Waals surface area contributed by atoms with Gasteiger partial charge in [-0.1, -0.05) is 0 Å². The lowest BCUT2D eigenvalue weighted by Crippen LogP contribution is -2.39. The van der Waals surface area contributed by atoms with E-state index in [0.717, 1.165) is 0 Å². The molecular weight excluding hydrogens is 333 g/mol. The van der Waals surface area contributed by atoms with Gasteiger partial charge in [0.15, 0.2) is 0 Å². The van der Waals surface area contributed by atoms with Crippen molar-refractivity contribution in [2.45, 2.75) is 18.9 Å². The number of carboxylic acid groups (broad SMARTS) is 1. The van der Waals surface area contributed by atoms with E-state index in [2.05, 4.69) is 21.2 Å². The van der Waals surface area contributed by atoms with Crippen molar-refractivity contribution in [2.75, 3.05) is 6.61 Å². The third-order valence-corrected chi connectivity index (χ3v) is 4.34. The molecule has 0 bridgehead atoms. The van der Waals surface area contributed by atoms with E-state index in [1.807, 2.05) is 0 Å². The fourth-order valence-electron chi connectivity index (χ4n) is 2.28. The third-order valence-electron chi connectivity index (χ3n) is 3.73. The van der Waals surface area contributed by atoms with E-state index in [-0.39, 0.29) is 11.1 Å². The second-order valence-electron chi connectivity index (χ2n) is 5.03. The van der Waals surface area contributed by atoms with Gasteiger partial charge in [0.1, 0.15) is 23.6 Å². The summed E-state index contributed by atoms with van der Waals surface area (Å²) in [6, 6.07) is 2.34. The predicted octanol–water partition coefficient (Wildman–Crippen LogP) is 2.00. The zero-order valence-corrected chi connectivity index (χ0v) is 11.9. The van der Waals surface area contributed by atoms with Crippen molar-refractivity contribution in [3.63, 3.8) is 0 Å². The van der Waals surface area contributed by atoms with Crippen molar-refractivity contribution in [3.05, 3.63) is 28.0 Å². The van der Waals surface area contributed by atoms with E-state index in [4.69, 9.17) is 9.84 Å². The molecule has 0 saturated heterocycles. The van der Waals surface area contributed by atoms with Crippen LogP contribution in [0.25, 0.3) is 0 Å². The first-order chi connectivity index (χ1) is 9.44. The molecule has 1 aromatic rings. The van der Waals surface area contributed by atoms with Crippen molar-refractivity contribution >= 4 is 27.8 Å². The number of fused-ring (bicyclic) bond motifs is 1. The van der Waals surface area contributed by atoms with Crippen LogP contribution in [-0.4, -0.2) is 23.6 Å². The Labute approximate surface area is 122 Å². The molecule has 3 rings (SSSR count). The first-order valence-corrected chi connectivity index (χ1v) is 6.89. The number of hydrogen-bond acceptors (Lipinski definition) is 3. The molecule has 0 radical (unpaired) electrons. The smallest absolute Gasteiger partial charge is 0.319 e. The molecular formula is C13H11BrFNO4. The largest absolute Gasteiger partial charge is 0.491 e. The maximum Gasteiger partial charge on any atom is 0.319 e. The lowest BCUT2D eigenvalue weighted by molar-refractivity contribution is -0.149. The molecule has 1 amide bonds. The number of ether oxygens (including phenoxy) is 1. The Morgan fingerprint density at radius 2 is 2.15 bits per heavy atom. The highest BCUT2D eigenvalue weighted by Crippen LogP contribution is 2.47. The number of rotatable bonds is 3. The van der Waals surface area contributed by atoms with Crippen LogP contribution in [0, 0.1) is 11.2 Å². The summed E-state index contributed by atoms with van der Waals surface area (Å²) in [5, 5.41) is 11.8. The van der Waals surface area contributed by atoms with Gasteiger partial charge >= 0.3 is 5.97 Å². The summed E-state index contributed by atoms with van der Waals surface area (Å²) in [7, 11) is 0. The number of benzene rings is 1. The van der Waals surface area contributed by atoms with Crippen molar-refractivity contribution in [1.29, 1.82) is 0 Å². The lowest BCUT2D eigenvalue weighted by atomic mass is 10.0. The maximum absolute atomic E-state index is 13.4. The van der Waals surface area contributed by atoms with Gasteiger partial charge in [-0.25, -0.2) is 4.39 Å². The molecule has 1 fully saturated rings. The van der Waals surface area contributed by atoms with Crippen LogP contribution in [0.5, 0.6) is 5.75 Å². The molecule has 106 valence electrons. The SMILES string of the molecule is O=C(O)C1(C(=O)NC2COc3cc(F)c(Br)cc32)CC1. The summed E-state index contributed by atoms with van der Waals surface area (Å²) >= 11 is 3.08. The van der Waals surface area contributed by atoms with Gasteiger partial charge in [0, 0.05) is 11.6 Å². The number of carboxylic acids is 1. The van der Waals surface area contributed by atoms with E-state index in [0.29, 0.717) is 24.2 Å². The average Bonchev–Trinajstić information content (AvgIpc) is 3.13. The van der Waals surface area contributed by atoms with Gasteiger partial charge in [-0.05, 0) is 34.8 Å². The molecule has 0 spiro atoms. The van der Waals surface area contributed by atoms with Gasteiger partial charge < -0.3 is 15.2 Å². The Balaban J connectivity index is 1.81. The van der Waals surface area contributed by atoms with Crippen molar-refractivity contribution < 1.29 is 23.8 Å². The number of carbonyl (C=O) groups is 2. The van der Waals surface area contributed by atoms with Crippen molar-refractivity contribution in [3.8, 4) is 5.75 Å². The minimum absolute atomic E-state index is 0.173.